The number of anilines is 3. The van der Waals surface area contributed by atoms with Gasteiger partial charge in [0.2, 0.25) is 11.9 Å². The molecule has 0 aliphatic carbocycles. The summed E-state index contributed by atoms with van der Waals surface area (Å²) in [5, 5.41) is 5.92. The molecule has 0 saturated carbocycles. The molecule has 0 amide bonds. The number of alkyl halides is 3. The summed E-state index contributed by atoms with van der Waals surface area (Å²) in [5.41, 5.74) is 1.50. The van der Waals surface area contributed by atoms with Crippen LogP contribution in [0.5, 0.6) is 17.5 Å². The number of hydrogen-bond acceptors (Lipinski definition) is 8. The summed E-state index contributed by atoms with van der Waals surface area (Å²) in [7, 11) is 0. The van der Waals surface area contributed by atoms with E-state index in [1.165, 1.54) is 0 Å². The molecule has 7 rings (SSSR count). The van der Waals surface area contributed by atoms with Gasteiger partial charge in [0.25, 0.3) is 0 Å². The zero-order valence-corrected chi connectivity index (χ0v) is 17.3. The quantitative estimate of drug-likeness (QED) is 0.542. The van der Waals surface area contributed by atoms with Gasteiger partial charge in [0, 0.05) is 12.2 Å². The molecule has 4 aliphatic heterocycles. The largest absolute Gasteiger partial charge is 0.490 e. The number of hydrogen-bond donors (Lipinski definition) is 2. The maximum atomic E-state index is 12.6. The maximum absolute atomic E-state index is 12.6. The molecular weight excluding hydrogens is 439 g/mol. The van der Waals surface area contributed by atoms with E-state index in [4.69, 9.17) is 14.2 Å². The molecule has 0 saturated heterocycles. The van der Waals surface area contributed by atoms with E-state index in [2.05, 4.69) is 25.6 Å². The highest BCUT2D eigenvalue weighted by Gasteiger charge is 2.29. The summed E-state index contributed by atoms with van der Waals surface area (Å²) >= 11 is 0. The maximum Gasteiger partial charge on any atom is 0.422 e. The topological polar surface area (TPSA) is 90.4 Å². The lowest BCUT2D eigenvalue weighted by molar-refractivity contribution is -0.154. The van der Waals surface area contributed by atoms with Crippen LogP contribution in [0.1, 0.15) is 5.56 Å². The second kappa shape index (κ2) is 10.1. The minimum Gasteiger partial charge on any atom is -0.490 e. The van der Waals surface area contributed by atoms with E-state index in [1.807, 2.05) is 36.4 Å². The third kappa shape index (κ3) is 6.99. The molecule has 6 bridgehead atoms. The first kappa shape index (κ1) is 22.2. The Hall–Kier alpha value is -4.02. The molecule has 1 aromatic heterocycles. The molecule has 3 aromatic rings. The minimum atomic E-state index is -4.52. The lowest BCUT2D eigenvalue weighted by Crippen LogP contribution is -2.21. The van der Waals surface area contributed by atoms with Gasteiger partial charge in [-0.05, 0) is 54.1 Å². The predicted molar refractivity (Wildman–Crippen MR) is 115 cm³/mol. The van der Waals surface area contributed by atoms with Crippen molar-refractivity contribution in [2.24, 2.45) is 0 Å². The van der Waals surface area contributed by atoms with Crippen molar-refractivity contribution >= 4 is 17.6 Å². The molecular formula is C22H20F3N5O3. The van der Waals surface area contributed by atoms with Gasteiger partial charge < -0.3 is 24.8 Å². The van der Waals surface area contributed by atoms with E-state index in [1.54, 1.807) is 24.3 Å². The average molecular weight is 459 g/mol. The van der Waals surface area contributed by atoms with Crippen molar-refractivity contribution in [2.75, 3.05) is 30.5 Å². The second-order valence-electron chi connectivity index (χ2n) is 6.91. The average Bonchev–Trinajstić information content (AvgIpc) is 2.79. The van der Waals surface area contributed by atoms with Gasteiger partial charge in [0.1, 0.15) is 24.7 Å². The van der Waals surface area contributed by atoms with Crippen molar-refractivity contribution in [3.05, 3.63) is 66.2 Å². The van der Waals surface area contributed by atoms with Gasteiger partial charge in [0.05, 0.1) is 0 Å². The summed E-state index contributed by atoms with van der Waals surface area (Å²) in [6.45, 7) is -0.415. The van der Waals surface area contributed by atoms with Crippen LogP contribution in [-0.2, 0) is 6.54 Å². The molecule has 33 heavy (non-hydrogen) atoms. The molecule has 0 fully saturated rings. The summed E-state index contributed by atoms with van der Waals surface area (Å²) in [6.07, 6.45) is -0.791. The number of aromatic nitrogens is 3. The van der Waals surface area contributed by atoms with Crippen molar-refractivity contribution in [2.45, 2.75) is 12.7 Å². The van der Waals surface area contributed by atoms with E-state index in [-0.39, 0.29) is 11.9 Å². The second-order valence-corrected chi connectivity index (χ2v) is 6.91. The molecule has 2 N–H and O–H groups in total. The summed E-state index contributed by atoms with van der Waals surface area (Å²) < 4.78 is 53.8. The Kier molecular flexibility index (Phi) is 6.77. The Balaban J connectivity index is 1.60. The third-order valence-corrected chi connectivity index (χ3v) is 4.32. The van der Waals surface area contributed by atoms with E-state index in [0.29, 0.717) is 36.9 Å². The number of rotatable bonds is 2. The summed E-state index contributed by atoms with van der Waals surface area (Å²) in [5.74, 6) is 1.43. The Morgan fingerprint density at radius 3 is 2.06 bits per heavy atom. The molecule has 172 valence electrons. The van der Waals surface area contributed by atoms with Crippen LogP contribution in [0.25, 0.3) is 0 Å². The molecule has 8 nitrogen and oxygen atoms in total. The number of halogens is 3. The van der Waals surface area contributed by atoms with Crippen molar-refractivity contribution < 1.29 is 27.4 Å². The summed E-state index contributed by atoms with van der Waals surface area (Å²) in [6, 6.07) is 13.8. The molecule has 2 aromatic carbocycles. The molecule has 11 heteroatoms. The zero-order chi connectivity index (χ0) is 23.1. The fraction of sp³-hybridized carbons (Fsp3) is 0.227. The first-order valence-electron chi connectivity index (χ1n) is 9.99. The molecule has 0 radical (unpaired) electrons. The molecule has 0 spiro atoms. The number of ether oxygens (including phenoxy) is 3. The van der Waals surface area contributed by atoms with Crippen LogP contribution < -0.4 is 24.8 Å². The molecule has 0 atom stereocenters. The first-order chi connectivity index (χ1) is 15.9. The van der Waals surface area contributed by atoms with Crippen molar-refractivity contribution in [3.63, 3.8) is 0 Å². The van der Waals surface area contributed by atoms with Gasteiger partial charge in [-0.3, -0.25) is 0 Å². The Bertz CT molecular complexity index is 1090. The van der Waals surface area contributed by atoms with E-state index in [9.17, 15) is 13.2 Å². The fourth-order valence-electron chi connectivity index (χ4n) is 2.78. The standard InChI is InChI=1S/C22H20F3N5O3/c23-22(24,25)14-33-21-29-19-26-13-15-3-7-17(8-4-15)31-11-1-2-12-32-18-9-5-16(6-10-18)27-20(28-19)30-21/h1-10H,11-14H2,(H2,26,27,28,29,30). The lowest BCUT2D eigenvalue weighted by Gasteiger charge is -2.12. The molecule has 0 unspecified atom stereocenters. The number of nitrogens with one attached hydrogen (secondary N) is 2. The van der Waals surface area contributed by atoms with Gasteiger partial charge in [-0.1, -0.05) is 12.1 Å². The number of nitrogens with zero attached hydrogens (tertiary/aromatic N) is 3. The third-order valence-electron chi connectivity index (χ3n) is 4.32. The summed E-state index contributed by atoms with van der Waals surface area (Å²) in [4.78, 5) is 12.1. The number of benzene rings is 2. The van der Waals surface area contributed by atoms with Gasteiger partial charge >= 0.3 is 12.2 Å². The Morgan fingerprint density at radius 2 is 1.42 bits per heavy atom. The van der Waals surface area contributed by atoms with Crippen molar-refractivity contribution in [3.8, 4) is 17.5 Å². The van der Waals surface area contributed by atoms with E-state index in [0.717, 1.165) is 5.56 Å². The van der Waals surface area contributed by atoms with Crippen molar-refractivity contribution in [1.82, 2.24) is 15.0 Å². The van der Waals surface area contributed by atoms with E-state index >= 15 is 0 Å². The van der Waals surface area contributed by atoms with Gasteiger partial charge in [-0.2, -0.15) is 28.1 Å². The predicted octanol–water partition coefficient (Wildman–Crippen LogP) is 4.50. The van der Waals surface area contributed by atoms with Gasteiger partial charge in [-0.15, -0.1) is 0 Å². The van der Waals surface area contributed by atoms with Crippen LogP contribution in [-0.4, -0.2) is 40.9 Å². The lowest BCUT2D eigenvalue weighted by atomic mass is 10.2. The van der Waals surface area contributed by atoms with Crippen LogP contribution in [0.3, 0.4) is 0 Å². The monoisotopic (exact) mass is 459 g/mol. The smallest absolute Gasteiger partial charge is 0.422 e. The normalized spacial score (nSPS) is 13.9. The van der Waals surface area contributed by atoms with Crippen LogP contribution in [0.2, 0.25) is 0 Å². The highest BCUT2D eigenvalue weighted by molar-refractivity contribution is 5.55. The fourth-order valence-corrected chi connectivity index (χ4v) is 2.78. The Morgan fingerprint density at radius 1 is 0.818 bits per heavy atom. The van der Waals surface area contributed by atoms with Crippen LogP contribution in [0, 0.1) is 0 Å². The van der Waals surface area contributed by atoms with Gasteiger partial charge in [-0.25, -0.2) is 0 Å². The Labute approximate surface area is 187 Å². The first-order valence-corrected chi connectivity index (χ1v) is 9.99. The van der Waals surface area contributed by atoms with Crippen molar-refractivity contribution in [1.29, 1.82) is 0 Å². The molecule has 4 aliphatic rings. The van der Waals surface area contributed by atoms with E-state index < -0.39 is 18.8 Å². The van der Waals surface area contributed by atoms with Gasteiger partial charge in [0.15, 0.2) is 6.61 Å². The van der Waals surface area contributed by atoms with Crippen LogP contribution in [0.15, 0.2) is 60.7 Å². The zero-order valence-electron chi connectivity index (χ0n) is 17.3. The minimum absolute atomic E-state index is 0.0272. The highest BCUT2D eigenvalue weighted by Crippen LogP contribution is 2.22. The van der Waals surface area contributed by atoms with Crippen LogP contribution in [0.4, 0.5) is 30.8 Å². The highest BCUT2D eigenvalue weighted by atomic mass is 19.4. The molecule has 5 heterocycles. The SMILES string of the molecule is FC(F)(F)COc1nc2nc(n1)Nc1ccc(cc1)OCC=CCOc1ccc(cc1)CN2. The van der Waals surface area contributed by atoms with Crippen LogP contribution >= 0.6 is 0 Å².